The fraction of sp³-hybridized carbons (Fsp3) is 0.267. The van der Waals surface area contributed by atoms with Gasteiger partial charge in [-0.25, -0.2) is 4.39 Å². The number of halogens is 2. The van der Waals surface area contributed by atoms with Gasteiger partial charge in [0.25, 0.3) is 0 Å². The van der Waals surface area contributed by atoms with Crippen molar-refractivity contribution in [1.29, 1.82) is 0 Å². The maximum Gasteiger partial charge on any atom is 0.146 e. The van der Waals surface area contributed by atoms with Crippen LogP contribution in [0, 0.1) is 5.82 Å². The zero-order valence-corrected chi connectivity index (χ0v) is 12.7. The third-order valence-corrected chi connectivity index (χ3v) is 3.37. The third-order valence-electron chi connectivity index (χ3n) is 2.94. The minimum Gasteiger partial charge on any atom is -0.455 e. The van der Waals surface area contributed by atoms with E-state index < -0.39 is 0 Å². The summed E-state index contributed by atoms with van der Waals surface area (Å²) in [6.07, 6.45) is 4.68. The Hall–Kier alpha value is -1.46. The molecule has 106 valence electrons. The van der Waals surface area contributed by atoms with Gasteiger partial charge in [0.05, 0.1) is 6.20 Å². The van der Waals surface area contributed by atoms with Crippen LogP contribution >= 0.6 is 15.9 Å². The molecule has 1 heterocycles. The Balaban J connectivity index is 2.26. The molecule has 0 spiro atoms. The first-order chi connectivity index (χ1) is 9.58. The molecule has 0 bridgehead atoms. The summed E-state index contributed by atoms with van der Waals surface area (Å²) in [7, 11) is 0. The molecule has 3 nitrogen and oxygen atoms in total. The largest absolute Gasteiger partial charge is 0.455 e. The lowest BCUT2D eigenvalue weighted by Gasteiger charge is -2.14. The van der Waals surface area contributed by atoms with Crippen LogP contribution in [-0.2, 0) is 6.42 Å². The van der Waals surface area contributed by atoms with E-state index in [0.29, 0.717) is 17.9 Å². The molecule has 0 radical (unpaired) electrons. The zero-order valence-electron chi connectivity index (χ0n) is 11.1. The van der Waals surface area contributed by atoms with Gasteiger partial charge in [0.2, 0.25) is 0 Å². The molecule has 5 heteroatoms. The van der Waals surface area contributed by atoms with E-state index in [4.69, 9.17) is 10.5 Å². The molecule has 0 aliphatic carbocycles. The average molecular weight is 339 g/mol. The highest BCUT2D eigenvalue weighted by atomic mass is 79.9. The van der Waals surface area contributed by atoms with Gasteiger partial charge in [-0.3, -0.25) is 4.98 Å². The van der Waals surface area contributed by atoms with Crippen LogP contribution in [0.15, 0.2) is 41.1 Å². The molecule has 0 amide bonds. The zero-order chi connectivity index (χ0) is 14.5. The van der Waals surface area contributed by atoms with Gasteiger partial charge in [-0.15, -0.1) is 0 Å². The Labute approximate surface area is 126 Å². The molecule has 1 aromatic carbocycles. The van der Waals surface area contributed by atoms with Crippen molar-refractivity contribution in [3.8, 4) is 11.5 Å². The summed E-state index contributed by atoms with van der Waals surface area (Å²) in [6, 6.07) is 6.26. The first kappa shape index (κ1) is 14.9. The maximum absolute atomic E-state index is 13.4. The summed E-state index contributed by atoms with van der Waals surface area (Å²) in [5.74, 6) is 0.913. The number of rotatable bonds is 5. The molecule has 2 rings (SSSR count). The van der Waals surface area contributed by atoms with Crippen LogP contribution in [0.2, 0.25) is 0 Å². The number of nitrogens with two attached hydrogens (primary N) is 1. The van der Waals surface area contributed by atoms with Crippen LogP contribution in [0.1, 0.15) is 18.9 Å². The summed E-state index contributed by atoms with van der Waals surface area (Å²) in [6.45, 7) is 2.00. The van der Waals surface area contributed by atoms with E-state index in [9.17, 15) is 4.39 Å². The van der Waals surface area contributed by atoms with E-state index in [-0.39, 0.29) is 11.9 Å². The van der Waals surface area contributed by atoms with Crippen LogP contribution in [-0.4, -0.2) is 11.0 Å². The van der Waals surface area contributed by atoms with E-state index >= 15 is 0 Å². The summed E-state index contributed by atoms with van der Waals surface area (Å²) in [5.41, 5.74) is 6.71. The number of benzene rings is 1. The molecule has 0 saturated heterocycles. The van der Waals surface area contributed by atoms with E-state index in [1.165, 1.54) is 12.1 Å². The molecule has 0 fully saturated rings. The first-order valence-corrected chi connectivity index (χ1v) is 7.20. The Morgan fingerprint density at radius 1 is 1.35 bits per heavy atom. The van der Waals surface area contributed by atoms with Gasteiger partial charge in [-0.1, -0.05) is 6.92 Å². The molecule has 0 saturated carbocycles. The van der Waals surface area contributed by atoms with Crippen molar-refractivity contribution in [2.75, 3.05) is 0 Å². The average Bonchev–Trinajstić information content (AvgIpc) is 2.42. The van der Waals surface area contributed by atoms with E-state index in [1.807, 2.05) is 6.92 Å². The SMILES string of the molecule is CCC(N)Cc1cc(F)ccc1Oc1cncc(Br)c1. The quantitative estimate of drug-likeness (QED) is 0.894. The van der Waals surface area contributed by atoms with Gasteiger partial charge in [-0.05, 0) is 58.6 Å². The van der Waals surface area contributed by atoms with E-state index in [1.54, 1.807) is 24.5 Å². The Morgan fingerprint density at radius 2 is 2.15 bits per heavy atom. The lowest BCUT2D eigenvalue weighted by atomic mass is 10.0. The van der Waals surface area contributed by atoms with Crippen molar-refractivity contribution in [1.82, 2.24) is 4.98 Å². The van der Waals surface area contributed by atoms with Gasteiger partial charge in [0, 0.05) is 16.7 Å². The van der Waals surface area contributed by atoms with Crippen molar-refractivity contribution in [2.24, 2.45) is 5.73 Å². The number of hydrogen-bond acceptors (Lipinski definition) is 3. The summed E-state index contributed by atoms with van der Waals surface area (Å²) < 4.78 is 20.0. The van der Waals surface area contributed by atoms with Crippen molar-refractivity contribution in [3.63, 3.8) is 0 Å². The van der Waals surface area contributed by atoms with Gasteiger partial charge in [-0.2, -0.15) is 0 Å². The number of nitrogens with zero attached hydrogens (tertiary/aromatic N) is 1. The number of ether oxygens (including phenoxy) is 1. The van der Waals surface area contributed by atoms with Crippen LogP contribution in [0.25, 0.3) is 0 Å². The Morgan fingerprint density at radius 3 is 2.85 bits per heavy atom. The number of pyridine rings is 1. The predicted molar refractivity (Wildman–Crippen MR) is 80.4 cm³/mol. The van der Waals surface area contributed by atoms with E-state index in [2.05, 4.69) is 20.9 Å². The monoisotopic (exact) mass is 338 g/mol. The second kappa shape index (κ2) is 6.81. The van der Waals surface area contributed by atoms with Crippen molar-refractivity contribution >= 4 is 15.9 Å². The molecule has 0 aliphatic heterocycles. The normalized spacial score (nSPS) is 12.2. The minimum absolute atomic E-state index is 0.0141. The molecule has 0 aliphatic rings. The van der Waals surface area contributed by atoms with Gasteiger partial charge in [0.1, 0.15) is 17.3 Å². The molecule has 2 aromatic rings. The summed E-state index contributed by atoms with van der Waals surface area (Å²) in [5, 5.41) is 0. The highest BCUT2D eigenvalue weighted by Gasteiger charge is 2.10. The fourth-order valence-electron chi connectivity index (χ4n) is 1.81. The number of hydrogen-bond donors (Lipinski definition) is 1. The first-order valence-electron chi connectivity index (χ1n) is 6.41. The van der Waals surface area contributed by atoms with Crippen LogP contribution < -0.4 is 10.5 Å². The molecule has 2 N–H and O–H groups in total. The van der Waals surface area contributed by atoms with Crippen LogP contribution in [0.4, 0.5) is 4.39 Å². The summed E-state index contributed by atoms with van der Waals surface area (Å²) >= 11 is 3.33. The Bertz CT molecular complexity index is 592. The Kier molecular flexibility index (Phi) is 5.09. The minimum atomic E-state index is -0.289. The van der Waals surface area contributed by atoms with Gasteiger partial charge >= 0.3 is 0 Å². The highest BCUT2D eigenvalue weighted by molar-refractivity contribution is 9.10. The summed E-state index contributed by atoms with van der Waals surface area (Å²) in [4.78, 5) is 4.03. The maximum atomic E-state index is 13.4. The molecular formula is C15H16BrFN2O. The molecule has 1 atom stereocenters. The van der Waals surface area contributed by atoms with Crippen molar-refractivity contribution in [3.05, 3.63) is 52.5 Å². The standard InChI is InChI=1S/C15H16BrFN2O/c1-2-13(18)6-10-5-12(17)3-4-15(10)20-14-7-11(16)8-19-9-14/h3-5,7-9,13H,2,6,18H2,1H3. The lowest BCUT2D eigenvalue weighted by molar-refractivity contribution is 0.467. The topological polar surface area (TPSA) is 48.1 Å². The van der Waals surface area contributed by atoms with Crippen molar-refractivity contribution < 1.29 is 9.13 Å². The molecule has 1 unspecified atom stereocenters. The fourth-order valence-corrected chi connectivity index (χ4v) is 2.15. The van der Waals surface area contributed by atoms with Crippen LogP contribution in [0.5, 0.6) is 11.5 Å². The van der Waals surface area contributed by atoms with Gasteiger partial charge in [0.15, 0.2) is 0 Å². The predicted octanol–water partition coefficient (Wildman–Crippen LogP) is 4.06. The highest BCUT2D eigenvalue weighted by Crippen LogP contribution is 2.28. The van der Waals surface area contributed by atoms with Crippen molar-refractivity contribution in [2.45, 2.75) is 25.8 Å². The van der Waals surface area contributed by atoms with E-state index in [0.717, 1.165) is 16.5 Å². The second-order valence-corrected chi connectivity index (χ2v) is 5.48. The smallest absolute Gasteiger partial charge is 0.146 e. The number of aromatic nitrogens is 1. The van der Waals surface area contributed by atoms with Gasteiger partial charge < -0.3 is 10.5 Å². The molecule has 20 heavy (non-hydrogen) atoms. The third kappa shape index (κ3) is 4.02. The molecular weight excluding hydrogens is 323 g/mol. The molecule has 1 aromatic heterocycles. The lowest BCUT2D eigenvalue weighted by Crippen LogP contribution is -2.21. The second-order valence-electron chi connectivity index (χ2n) is 4.57. The van der Waals surface area contributed by atoms with Crippen LogP contribution in [0.3, 0.4) is 0 Å².